The Bertz CT molecular complexity index is 790. The maximum absolute atomic E-state index is 12.3. The monoisotopic (exact) mass is 414 g/mol. The van der Waals surface area contributed by atoms with Gasteiger partial charge in [-0.25, -0.2) is 8.42 Å². The Hall–Kier alpha value is -1.64. The quantitative estimate of drug-likeness (QED) is 0.688. The number of fused-ring (bicyclic) bond motifs is 1. The average Bonchev–Trinajstić information content (AvgIpc) is 2.90. The van der Waals surface area contributed by atoms with E-state index in [0.29, 0.717) is 36.7 Å². The molecule has 0 unspecified atom stereocenters. The van der Waals surface area contributed by atoms with E-state index in [1.54, 1.807) is 24.3 Å². The minimum absolute atomic E-state index is 0. The summed E-state index contributed by atoms with van der Waals surface area (Å²) in [6.07, 6.45) is 3.16. The summed E-state index contributed by atoms with van der Waals surface area (Å²) in [5, 5.41) is 3.20. The molecular formula is C18H27ClN4O3S. The molecule has 0 atom stereocenters. The first-order valence-corrected chi connectivity index (χ1v) is 10.6. The zero-order valence-electron chi connectivity index (χ0n) is 15.5. The minimum atomic E-state index is -3.50. The maximum Gasteiger partial charge on any atom is 0.263 e. The number of benzene rings is 1. The molecule has 0 saturated carbocycles. The second-order valence-electron chi connectivity index (χ2n) is 6.82. The third-order valence-corrected chi connectivity index (χ3v) is 6.34. The molecule has 150 valence electrons. The molecule has 9 heteroatoms. The fraction of sp³-hybridized carbons (Fsp3) is 0.556. The van der Waals surface area contributed by atoms with Crippen molar-refractivity contribution in [1.82, 2.24) is 14.9 Å². The van der Waals surface area contributed by atoms with E-state index in [0.717, 1.165) is 32.5 Å². The van der Waals surface area contributed by atoms with E-state index >= 15 is 0 Å². The SMILES string of the molecule is CNCC1CCN(C(=O)CCCN=C2NS(=O)(=O)c3ccccc32)CC1.Cl. The van der Waals surface area contributed by atoms with Crippen LogP contribution in [0, 0.1) is 5.92 Å². The zero-order valence-corrected chi connectivity index (χ0v) is 17.1. The van der Waals surface area contributed by atoms with Gasteiger partial charge in [0.15, 0.2) is 0 Å². The summed E-state index contributed by atoms with van der Waals surface area (Å²) in [7, 11) is -1.54. The number of nitrogens with zero attached hydrogens (tertiary/aromatic N) is 2. The van der Waals surface area contributed by atoms with E-state index in [1.165, 1.54) is 0 Å². The Balaban J connectivity index is 0.00000261. The molecule has 1 aromatic rings. The lowest BCUT2D eigenvalue weighted by atomic mass is 9.96. The molecule has 0 spiro atoms. The largest absolute Gasteiger partial charge is 0.343 e. The van der Waals surface area contributed by atoms with E-state index in [1.807, 2.05) is 11.9 Å². The van der Waals surface area contributed by atoms with Crippen molar-refractivity contribution in [3.05, 3.63) is 29.8 Å². The molecule has 2 heterocycles. The fourth-order valence-corrected chi connectivity index (χ4v) is 4.76. The van der Waals surface area contributed by atoms with Gasteiger partial charge >= 0.3 is 0 Å². The number of carbonyl (C=O) groups is 1. The molecule has 1 amide bonds. The highest BCUT2D eigenvalue weighted by atomic mass is 35.5. The standard InChI is InChI=1S/C18H26N4O3S.ClH/c1-19-13-14-8-11-22(12-9-14)17(23)7-4-10-20-18-15-5-2-3-6-16(15)26(24,25)21-18;/h2-3,5-6,14,19H,4,7-13H2,1H3,(H,20,21);1H. The molecule has 0 aliphatic carbocycles. The second-order valence-corrected chi connectivity index (χ2v) is 8.47. The number of hydrogen-bond donors (Lipinski definition) is 2. The summed E-state index contributed by atoms with van der Waals surface area (Å²) in [4.78, 5) is 18.9. The van der Waals surface area contributed by atoms with Crippen LogP contribution in [0.3, 0.4) is 0 Å². The number of carbonyl (C=O) groups excluding carboxylic acids is 1. The average molecular weight is 415 g/mol. The van der Waals surface area contributed by atoms with Crippen LogP contribution in [0.5, 0.6) is 0 Å². The zero-order chi connectivity index (χ0) is 18.6. The molecule has 1 aromatic carbocycles. The maximum atomic E-state index is 12.3. The van der Waals surface area contributed by atoms with Crippen molar-refractivity contribution < 1.29 is 13.2 Å². The van der Waals surface area contributed by atoms with Crippen LogP contribution in [0.1, 0.15) is 31.2 Å². The first kappa shape index (κ1) is 21.7. The van der Waals surface area contributed by atoms with Crippen molar-refractivity contribution in [1.29, 1.82) is 0 Å². The number of halogens is 1. The van der Waals surface area contributed by atoms with E-state index in [9.17, 15) is 13.2 Å². The second kappa shape index (κ2) is 9.52. The first-order chi connectivity index (χ1) is 12.5. The van der Waals surface area contributed by atoms with E-state index in [-0.39, 0.29) is 23.2 Å². The Kier molecular flexibility index (Phi) is 7.64. The van der Waals surface area contributed by atoms with Crippen molar-refractivity contribution in [2.24, 2.45) is 10.9 Å². The van der Waals surface area contributed by atoms with Gasteiger partial charge in [-0.2, -0.15) is 0 Å². The van der Waals surface area contributed by atoms with Gasteiger partial charge in [0, 0.05) is 31.6 Å². The summed E-state index contributed by atoms with van der Waals surface area (Å²) in [6.45, 7) is 3.09. The molecule has 27 heavy (non-hydrogen) atoms. The van der Waals surface area contributed by atoms with Crippen LogP contribution >= 0.6 is 12.4 Å². The van der Waals surface area contributed by atoms with Crippen LogP contribution in [0.15, 0.2) is 34.2 Å². The first-order valence-electron chi connectivity index (χ1n) is 9.10. The third kappa shape index (κ3) is 5.21. The number of amidine groups is 1. The number of piperidine rings is 1. The van der Waals surface area contributed by atoms with Crippen molar-refractivity contribution in [2.45, 2.75) is 30.6 Å². The van der Waals surface area contributed by atoms with Crippen LogP contribution in [0.4, 0.5) is 0 Å². The molecule has 0 bridgehead atoms. The topological polar surface area (TPSA) is 90.9 Å². The van der Waals surface area contributed by atoms with Crippen LogP contribution in [0.25, 0.3) is 0 Å². The predicted molar refractivity (Wildman–Crippen MR) is 108 cm³/mol. The van der Waals surface area contributed by atoms with Gasteiger partial charge < -0.3 is 10.2 Å². The van der Waals surface area contributed by atoms with Gasteiger partial charge in [0.2, 0.25) is 5.91 Å². The highest BCUT2D eigenvalue weighted by Gasteiger charge is 2.30. The van der Waals surface area contributed by atoms with Crippen LogP contribution in [-0.2, 0) is 14.8 Å². The number of amides is 1. The summed E-state index contributed by atoms with van der Waals surface area (Å²) in [5.41, 5.74) is 0.602. The van der Waals surface area contributed by atoms with Gasteiger partial charge in [0.25, 0.3) is 10.0 Å². The van der Waals surface area contributed by atoms with E-state index in [2.05, 4.69) is 15.0 Å². The van der Waals surface area contributed by atoms with Crippen molar-refractivity contribution in [3.63, 3.8) is 0 Å². The molecule has 1 saturated heterocycles. The van der Waals surface area contributed by atoms with E-state index in [4.69, 9.17) is 0 Å². The number of rotatable bonds is 6. The molecule has 2 N–H and O–H groups in total. The Morgan fingerprint density at radius 3 is 2.70 bits per heavy atom. The van der Waals surface area contributed by atoms with Gasteiger partial charge in [0.05, 0.1) is 4.90 Å². The molecule has 7 nitrogen and oxygen atoms in total. The Morgan fingerprint density at radius 2 is 2.00 bits per heavy atom. The predicted octanol–water partition coefficient (Wildman–Crippen LogP) is 1.39. The van der Waals surface area contributed by atoms with Gasteiger partial charge in [-0.15, -0.1) is 12.4 Å². The van der Waals surface area contributed by atoms with Gasteiger partial charge in [-0.3, -0.25) is 14.5 Å². The van der Waals surface area contributed by atoms with Crippen molar-refractivity contribution in [2.75, 3.05) is 33.2 Å². The Morgan fingerprint density at radius 1 is 1.30 bits per heavy atom. The molecule has 3 rings (SSSR count). The molecule has 2 aliphatic heterocycles. The van der Waals surface area contributed by atoms with E-state index < -0.39 is 10.0 Å². The highest BCUT2D eigenvalue weighted by molar-refractivity contribution is 7.90. The number of sulfonamides is 1. The normalized spacial score (nSPS) is 20.0. The van der Waals surface area contributed by atoms with Crippen LogP contribution in [0.2, 0.25) is 0 Å². The van der Waals surface area contributed by atoms with Crippen LogP contribution < -0.4 is 10.0 Å². The molecule has 0 radical (unpaired) electrons. The summed E-state index contributed by atoms with van der Waals surface area (Å²) >= 11 is 0. The van der Waals surface area contributed by atoms with Gasteiger partial charge in [-0.1, -0.05) is 12.1 Å². The smallest absolute Gasteiger partial charge is 0.263 e. The molecule has 0 aromatic heterocycles. The Labute approximate surface area is 167 Å². The number of hydrogen-bond acceptors (Lipinski definition) is 5. The summed E-state index contributed by atoms with van der Waals surface area (Å²) in [5.74, 6) is 1.20. The third-order valence-electron chi connectivity index (χ3n) is 4.94. The summed E-state index contributed by atoms with van der Waals surface area (Å²) in [6, 6.07) is 6.80. The lowest BCUT2D eigenvalue weighted by Gasteiger charge is -2.32. The number of likely N-dealkylation sites (tertiary alicyclic amines) is 1. The molecule has 1 fully saturated rings. The number of aliphatic imine (C=N–C) groups is 1. The lowest BCUT2D eigenvalue weighted by molar-refractivity contribution is -0.132. The molecular weight excluding hydrogens is 388 g/mol. The minimum Gasteiger partial charge on any atom is -0.343 e. The van der Waals surface area contributed by atoms with Crippen molar-refractivity contribution >= 4 is 34.2 Å². The summed E-state index contributed by atoms with van der Waals surface area (Å²) < 4.78 is 26.5. The fourth-order valence-electron chi connectivity index (χ4n) is 3.51. The highest BCUT2D eigenvalue weighted by Crippen LogP contribution is 2.22. The number of nitrogens with one attached hydrogen (secondary N) is 2. The molecule has 2 aliphatic rings. The van der Waals surface area contributed by atoms with Crippen LogP contribution in [-0.4, -0.2) is 58.3 Å². The van der Waals surface area contributed by atoms with Gasteiger partial charge in [-0.05, 0) is 50.9 Å². The van der Waals surface area contributed by atoms with Gasteiger partial charge in [0.1, 0.15) is 5.84 Å². The van der Waals surface area contributed by atoms with Crippen molar-refractivity contribution in [3.8, 4) is 0 Å². The lowest BCUT2D eigenvalue weighted by Crippen LogP contribution is -2.40.